The van der Waals surface area contributed by atoms with Crippen LogP contribution in [-0.4, -0.2) is 37.4 Å². The monoisotopic (exact) mass is 346 g/mol. The van der Waals surface area contributed by atoms with Crippen molar-refractivity contribution in [3.63, 3.8) is 0 Å². The lowest BCUT2D eigenvalue weighted by Crippen LogP contribution is -2.41. The zero-order valence-corrected chi connectivity index (χ0v) is 16.9. The quantitative estimate of drug-likeness (QED) is 0.492. The Kier molecular flexibility index (Phi) is 5.20. The van der Waals surface area contributed by atoms with Crippen molar-refractivity contribution in [3.05, 3.63) is 29.4 Å². The van der Waals surface area contributed by atoms with Crippen molar-refractivity contribution in [2.45, 2.75) is 52.2 Å². The minimum Gasteiger partial charge on any atom is -0.416 e. The maximum Gasteiger partial charge on any atom is 0.191 e. The first kappa shape index (κ1) is 18.7. The molecule has 6 heteroatoms. The van der Waals surface area contributed by atoms with E-state index in [4.69, 9.17) is 9.84 Å². The topological polar surface area (TPSA) is 66.2 Å². The van der Waals surface area contributed by atoms with Crippen LogP contribution < -0.4 is 5.49 Å². The Bertz CT molecular complexity index is 809. The van der Waals surface area contributed by atoms with E-state index in [1.807, 2.05) is 17.6 Å². The molecule has 5 nitrogen and oxygen atoms in total. The summed E-state index contributed by atoms with van der Waals surface area (Å²) in [6, 6.07) is 5.86. The van der Waals surface area contributed by atoms with Gasteiger partial charge in [-0.3, -0.25) is 15.0 Å². The highest BCUT2D eigenvalue weighted by molar-refractivity contribution is 6.74. The molecule has 0 aliphatic rings. The van der Waals surface area contributed by atoms with E-state index >= 15 is 0 Å². The van der Waals surface area contributed by atoms with Crippen molar-refractivity contribution in [2.24, 2.45) is 4.99 Å². The van der Waals surface area contributed by atoms with Crippen LogP contribution in [0.15, 0.2) is 23.2 Å². The van der Waals surface area contributed by atoms with E-state index in [-0.39, 0.29) is 5.04 Å². The molecule has 0 aromatic carbocycles. The van der Waals surface area contributed by atoms with Crippen LogP contribution in [0.25, 0.3) is 11.0 Å². The van der Waals surface area contributed by atoms with Gasteiger partial charge in [-0.15, -0.1) is 0 Å². The number of nitrogens with one attached hydrogen (secondary N) is 2. The molecule has 2 rings (SSSR count). The lowest BCUT2D eigenvalue weighted by atomic mass is 10.2. The first-order valence-corrected chi connectivity index (χ1v) is 11.3. The summed E-state index contributed by atoms with van der Waals surface area (Å²) in [5, 5.41) is 8.36. The van der Waals surface area contributed by atoms with E-state index < -0.39 is 8.32 Å². The summed E-state index contributed by atoms with van der Waals surface area (Å²) in [5.41, 5.74) is 3.59. The van der Waals surface area contributed by atoms with Gasteiger partial charge in [-0.1, -0.05) is 20.8 Å². The van der Waals surface area contributed by atoms with Crippen molar-refractivity contribution in [2.75, 3.05) is 13.7 Å². The van der Waals surface area contributed by atoms with Gasteiger partial charge in [0.1, 0.15) is 11.3 Å². The summed E-state index contributed by atoms with van der Waals surface area (Å²) >= 11 is 0. The minimum absolute atomic E-state index is 0.227. The minimum atomic E-state index is -1.71. The molecule has 0 unspecified atom stereocenters. The van der Waals surface area contributed by atoms with E-state index in [9.17, 15) is 0 Å². The second kappa shape index (κ2) is 6.68. The molecule has 24 heavy (non-hydrogen) atoms. The lowest BCUT2D eigenvalue weighted by Gasteiger charge is -2.36. The number of aliphatic imine (C=N–C) groups is 1. The molecule has 2 heterocycles. The Hall–Kier alpha value is -1.66. The number of pyridine rings is 1. The largest absolute Gasteiger partial charge is 0.416 e. The fourth-order valence-electron chi connectivity index (χ4n) is 2.41. The van der Waals surface area contributed by atoms with E-state index in [1.54, 1.807) is 13.1 Å². The maximum absolute atomic E-state index is 8.13. The Labute approximate surface area is 145 Å². The molecule has 0 aliphatic heterocycles. The lowest BCUT2D eigenvalue weighted by molar-refractivity contribution is 0.291. The molecule has 0 bridgehead atoms. The average Bonchev–Trinajstić information content (AvgIpc) is 2.87. The van der Waals surface area contributed by atoms with Crippen molar-refractivity contribution in [3.8, 4) is 0 Å². The first-order valence-electron chi connectivity index (χ1n) is 8.43. The Morgan fingerprint density at radius 2 is 2.00 bits per heavy atom. The smallest absolute Gasteiger partial charge is 0.191 e. The average molecular weight is 347 g/mol. The number of fused-ring (bicyclic) bond motifs is 1. The number of hydrogen-bond acceptors (Lipinski definition) is 3. The molecular formula is C18H30N4OSi. The third-order valence-corrected chi connectivity index (χ3v) is 9.60. The van der Waals surface area contributed by atoms with Gasteiger partial charge in [0.25, 0.3) is 0 Å². The Morgan fingerprint density at radius 1 is 1.33 bits per heavy atom. The molecule has 0 saturated heterocycles. The van der Waals surface area contributed by atoms with Gasteiger partial charge in [0.05, 0.1) is 11.0 Å². The van der Waals surface area contributed by atoms with Crippen LogP contribution in [0.4, 0.5) is 0 Å². The highest BCUT2D eigenvalue weighted by atomic mass is 28.4. The van der Waals surface area contributed by atoms with Crippen molar-refractivity contribution < 1.29 is 4.43 Å². The van der Waals surface area contributed by atoms with Crippen LogP contribution in [0.2, 0.25) is 18.1 Å². The summed E-state index contributed by atoms with van der Waals surface area (Å²) < 4.78 is 8.13. The molecule has 0 saturated carbocycles. The number of aromatic nitrogens is 2. The van der Waals surface area contributed by atoms with E-state index in [0.29, 0.717) is 5.49 Å². The number of H-pyrrole nitrogens is 1. The number of hydrogen-bond donors (Lipinski definition) is 2. The number of nitrogens with zero attached hydrogens (tertiary/aromatic N) is 2. The molecule has 2 aromatic heterocycles. The predicted molar refractivity (Wildman–Crippen MR) is 103 cm³/mol. The molecule has 0 atom stereocenters. The molecule has 2 N–H and O–H groups in total. The summed E-state index contributed by atoms with van der Waals surface area (Å²) in [4.78, 5) is 7.67. The molecule has 0 fully saturated rings. The maximum atomic E-state index is 8.13. The van der Waals surface area contributed by atoms with Crippen LogP contribution in [0, 0.1) is 5.41 Å². The second-order valence-electron chi connectivity index (χ2n) is 7.78. The van der Waals surface area contributed by atoms with Crippen molar-refractivity contribution >= 4 is 25.2 Å². The van der Waals surface area contributed by atoms with Crippen molar-refractivity contribution in [1.29, 1.82) is 5.41 Å². The fourth-order valence-corrected chi connectivity index (χ4v) is 3.46. The van der Waals surface area contributed by atoms with Gasteiger partial charge >= 0.3 is 0 Å². The standard InChI is InChI=1S/C18H30N4OSi/c1-13(20-5)22-16-12-14(21-15(16)8-9-17(22)19)10-11-23-24(6,7)18(2,3)4/h8-9,12,19,21H,10-11H2,1-7H3. The van der Waals surface area contributed by atoms with Gasteiger partial charge in [-0.25, -0.2) is 0 Å². The molecule has 2 aromatic rings. The van der Waals surface area contributed by atoms with Crippen molar-refractivity contribution in [1.82, 2.24) is 9.55 Å². The molecular weight excluding hydrogens is 316 g/mol. The van der Waals surface area contributed by atoms with E-state index in [1.165, 1.54) is 0 Å². The summed E-state index contributed by atoms with van der Waals surface area (Å²) in [5.74, 6) is 0.814. The van der Waals surface area contributed by atoms with Gasteiger partial charge in [-0.2, -0.15) is 0 Å². The van der Waals surface area contributed by atoms with E-state index in [0.717, 1.165) is 35.6 Å². The molecule has 0 spiro atoms. The first-order chi connectivity index (χ1) is 11.1. The van der Waals surface area contributed by atoms with Gasteiger partial charge in [0, 0.05) is 25.8 Å². The molecule has 0 amide bonds. The van der Waals surface area contributed by atoms with Crippen LogP contribution in [0.5, 0.6) is 0 Å². The third-order valence-electron chi connectivity index (χ3n) is 5.06. The molecule has 132 valence electrons. The van der Waals surface area contributed by atoms with Gasteiger partial charge < -0.3 is 9.41 Å². The van der Waals surface area contributed by atoms with Crippen LogP contribution >= 0.6 is 0 Å². The van der Waals surface area contributed by atoms with Crippen LogP contribution in [0.3, 0.4) is 0 Å². The zero-order valence-electron chi connectivity index (χ0n) is 15.9. The third kappa shape index (κ3) is 3.70. The van der Waals surface area contributed by atoms with Gasteiger partial charge in [0.15, 0.2) is 8.32 Å². The fraction of sp³-hybridized carbons (Fsp3) is 0.556. The normalized spacial score (nSPS) is 13.7. The van der Waals surface area contributed by atoms with Gasteiger partial charge in [-0.05, 0) is 43.3 Å². The predicted octanol–water partition coefficient (Wildman–Crippen LogP) is 3.91. The van der Waals surface area contributed by atoms with E-state index in [2.05, 4.69) is 49.9 Å². The summed E-state index contributed by atoms with van der Waals surface area (Å²) in [6.45, 7) is 14.0. The van der Waals surface area contributed by atoms with Crippen LogP contribution in [-0.2, 0) is 10.8 Å². The Balaban J connectivity index is 2.22. The number of rotatable bonds is 4. The summed E-state index contributed by atoms with van der Waals surface area (Å²) in [7, 11) is 0.0417. The second-order valence-corrected chi connectivity index (χ2v) is 12.6. The highest BCUT2D eigenvalue weighted by Gasteiger charge is 2.36. The van der Waals surface area contributed by atoms with Crippen LogP contribution in [0.1, 0.15) is 33.4 Å². The highest BCUT2D eigenvalue weighted by Crippen LogP contribution is 2.36. The number of aromatic amines is 1. The molecule has 0 aliphatic carbocycles. The summed E-state index contributed by atoms with van der Waals surface area (Å²) in [6.07, 6.45) is 0.844. The zero-order chi connectivity index (χ0) is 18.1. The molecule has 0 radical (unpaired) electrons. The van der Waals surface area contributed by atoms with Gasteiger partial charge in [0.2, 0.25) is 0 Å². The SMILES string of the molecule is CN=C(C)n1c(=N)ccc2[nH]c(CCO[Si](C)(C)C(C)(C)C)cc21. The Morgan fingerprint density at radius 3 is 2.58 bits per heavy atom.